The van der Waals surface area contributed by atoms with Crippen LogP contribution in [0.4, 0.5) is 0 Å². The van der Waals surface area contributed by atoms with Gasteiger partial charge in [-0.05, 0) is 25.2 Å². The molecule has 2 aliphatic heterocycles. The van der Waals surface area contributed by atoms with Gasteiger partial charge in [-0.2, -0.15) is 15.0 Å². The summed E-state index contributed by atoms with van der Waals surface area (Å²) in [7, 11) is 3.46. The van der Waals surface area contributed by atoms with Crippen LogP contribution in [0.15, 0.2) is 17.2 Å². The normalized spacial score (nSPS) is 23.8. The maximum atomic E-state index is 13.0. The molecule has 9 heteroatoms. The van der Waals surface area contributed by atoms with E-state index in [0.717, 1.165) is 51.1 Å². The zero-order chi connectivity index (χ0) is 18.3. The van der Waals surface area contributed by atoms with E-state index < -0.39 is 0 Å². The Labute approximate surface area is 151 Å². The van der Waals surface area contributed by atoms with Gasteiger partial charge in [-0.25, -0.2) is 4.79 Å². The first-order valence-corrected chi connectivity index (χ1v) is 9.16. The van der Waals surface area contributed by atoms with E-state index in [1.165, 1.54) is 10.8 Å². The molecular weight excluding hydrogens is 334 g/mol. The number of carbonyl (C=O) groups excluding carboxylic acids is 1. The summed E-state index contributed by atoms with van der Waals surface area (Å²) in [5.41, 5.74) is 1.18. The van der Waals surface area contributed by atoms with Crippen LogP contribution in [0.25, 0.3) is 0 Å². The van der Waals surface area contributed by atoms with Gasteiger partial charge in [0.05, 0.1) is 11.9 Å². The van der Waals surface area contributed by atoms with E-state index in [9.17, 15) is 9.59 Å². The van der Waals surface area contributed by atoms with Gasteiger partial charge in [0.25, 0.3) is 5.91 Å². The average molecular weight is 359 g/mol. The number of likely N-dealkylation sites (tertiary alicyclic amines) is 2. The first kappa shape index (κ1) is 17.0. The summed E-state index contributed by atoms with van der Waals surface area (Å²) in [5, 5.41) is 8.51. The fourth-order valence-corrected chi connectivity index (χ4v) is 4.35. The summed E-state index contributed by atoms with van der Waals surface area (Å²) in [6.45, 7) is 3.48. The molecule has 2 aromatic heterocycles. The number of aromatic amines is 1. The molecule has 9 nitrogen and oxygen atoms in total. The minimum absolute atomic E-state index is 0.0390. The third-order valence-corrected chi connectivity index (χ3v) is 5.66. The molecule has 26 heavy (non-hydrogen) atoms. The largest absolute Gasteiger partial charge is 0.334 e. The Balaban J connectivity index is 1.45. The van der Waals surface area contributed by atoms with Crippen molar-refractivity contribution in [1.29, 1.82) is 0 Å². The number of hydrogen-bond acceptors (Lipinski definition) is 5. The number of rotatable bonds is 3. The molecule has 0 saturated carbocycles. The van der Waals surface area contributed by atoms with E-state index in [1.54, 1.807) is 11.8 Å². The Kier molecular flexibility index (Phi) is 4.39. The molecule has 0 aliphatic carbocycles. The lowest BCUT2D eigenvalue weighted by Gasteiger charge is -2.47. The molecule has 2 saturated heterocycles. The van der Waals surface area contributed by atoms with Gasteiger partial charge in [-0.3, -0.25) is 14.3 Å². The lowest BCUT2D eigenvalue weighted by Crippen LogP contribution is -2.55. The van der Waals surface area contributed by atoms with Crippen molar-refractivity contribution >= 4 is 5.91 Å². The second kappa shape index (κ2) is 6.71. The van der Waals surface area contributed by atoms with Crippen LogP contribution in [0.3, 0.4) is 0 Å². The molecule has 140 valence electrons. The molecule has 0 bridgehead atoms. The number of piperidine rings is 2. The molecule has 1 amide bonds. The van der Waals surface area contributed by atoms with Crippen molar-refractivity contribution in [3.8, 4) is 0 Å². The number of imidazole rings is 1. The van der Waals surface area contributed by atoms with Crippen LogP contribution in [0.5, 0.6) is 0 Å². The number of nitrogens with one attached hydrogen (secondary N) is 1. The molecule has 1 N–H and O–H groups in total. The van der Waals surface area contributed by atoms with Crippen LogP contribution >= 0.6 is 0 Å². The summed E-state index contributed by atoms with van der Waals surface area (Å²) >= 11 is 0. The van der Waals surface area contributed by atoms with Gasteiger partial charge >= 0.3 is 5.69 Å². The van der Waals surface area contributed by atoms with E-state index in [-0.39, 0.29) is 17.6 Å². The quantitative estimate of drug-likeness (QED) is 0.831. The monoisotopic (exact) mass is 359 g/mol. The minimum atomic E-state index is -0.249. The van der Waals surface area contributed by atoms with Gasteiger partial charge < -0.3 is 9.88 Å². The summed E-state index contributed by atoms with van der Waals surface area (Å²) < 4.78 is 1.40. The standard InChI is InChI=1S/C17H25N7O2/c1-21-15(9-18-17(21)26)16(25)24-6-3-4-12-10-23(7-5-14(12)24)11-13-8-19-22(2)20-13/h8-9,12,14H,3-7,10-11H2,1-2H3,(H,18,26). The van der Waals surface area contributed by atoms with Crippen LogP contribution in [-0.2, 0) is 20.6 Å². The second-order valence-corrected chi connectivity index (χ2v) is 7.36. The molecule has 0 aromatic carbocycles. The molecule has 2 unspecified atom stereocenters. The SMILES string of the molecule is Cn1ncc(CN2CCC3C(CCCN3C(=O)c3c[nH]c(=O)n3C)C2)n1. The molecule has 2 fully saturated rings. The van der Waals surface area contributed by atoms with E-state index in [2.05, 4.69) is 20.1 Å². The molecule has 0 spiro atoms. The van der Waals surface area contributed by atoms with E-state index in [1.807, 2.05) is 18.1 Å². The molecule has 4 heterocycles. The Morgan fingerprint density at radius 1 is 1.31 bits per heavy atom. The Morgan fingerprint density at radius 3 is 2.85 bits per heavy atom. The highest BCUT2D eigenvalue weighted by atomic mass is 16.2. The summed E-state index contributed by atoms with van der Waals surface area (Å²) in [6, 6.07) is 0.249. The maximum absolute atomic E-state index is 13.0. The number of amides is 1. The number of H-pyrrole nitrogens is 1. The zero-order valence-electron chi connectivity index (χ0n) is 15.3. The summed E-state index contributed by atoms with van der Waals surface area (Å²) in [5.74, 6) is 0.428. The van der Waals surface area contributed by atoms with Gasteiger partial charge in [-0.15, -0.1) is 0 Å². The van der Waals surface area contributed by atoms with Gasteiger partial charge in [0.15, 0.2) is 0 Å². The zero-order valence-corrected chi connectivity index (χ0v) is 15.3. The first-order valence-electron chi connectivity index (χ1n) is 9.16. The van der Waals surface area contributed by atoms with Crippen molar-refractivity contribution in [1.82, 2.24) is 34.3 Å². The van der Waals surface area contributed by atoms with Gasteiger partial charge in [0.1, 0.15) is 5.69 Å². The van der Waals surface area contributed by atoms with Gasteiger partial charge in [0, 0.05) is 52.5 Å². The van der Waals surface area contributed by atoms with Crippen molar-refractivity contribution in [3.63, 3.8) is 0 Å². The second-order valence-electron chi connectivity index (χ2n) is 7.36. The van der Waals surface area contributed by atoms with Gasteiger partial charge in [0.2, 0.25) is 0 Å². The van der Waals surface area contributed by atoms with Crippen molar-refractivity contribution < 1.29 is 4.79 Å². The third kappa shape index (κ3) is 3.07. The van der Waals surface area contributed by atoms with Crippen molar-refractivity contribution in [3.05, 3.63) is 34.3 Å². The Morgan fingerprint density at radius 2 is 2.15 bits per heavy atom. The molecule has 4 rings (SSSR count). The maximum Gasteiger partial charge on any atom is 0.325 e. The summed E-state index contributed by atoms with van der Waals surface area (Å²) in [6.07, 6.45) is 6.43. The molecular formula is C17H25N7O2. The molecule has 2 aliphatic rings. The predicted octanol–water partition coefficient (Wildman–Crippen LogP) is -0.0314. The fourth-order valence-electron chi connectivity index (χ4n) is 4.35. The highest BCUT2D eigenvalue weighted by molar-refractivity contribution is 5.92. The molecule has 0 radical (unpaired) electrons. The highest BCUT2D eigenvalue weighted by Gasteiger charge is 2.39. The van der Waals surface area contributed by atoms with E-state index >= 15 is 0 Å². The number of aryl methyl sites for hydroxylation is 1. The van der Waals surface area contributed by atoms with Gasteiger partial charge in [-0.1, -0.05) is 0 Å². The molecule has 2 atom stereocenters. The van der Waals surface area contributed by atoms with Crippen molar-refractivity contribution in [2.24, 2.45) is 20.0 Å². The minimum Gasteiger partial charge on any atom is -0.334 e. The predicted molar refractivity (Wildman–Crippen MR) is 94.5 cm³/mol. The first-order chi connectivity index (χ1) is 12.5. The van der Waals surface area contributed by atoms with E-state index in [4.69, 9.17) is 0 Å². The fraction of sp³-hybridized carbons (Fsp3) is 0.647. The topological polar surface area (TPSA) is 92.0 Å². The van der Waals surface area contributed by atoms with Crippen LogP contribution in [-0.4, -0.2) is 65.9 Å². The van der Waals surface area contributed by atoms with Crippen LogP contribution < -0.4 is 5.69 Å². The third-order valence-electron chi connectivity index (χ3n) is 5.66. The van der Waals surface area contributed by atoms with Crippen LogP contribution in [0.1, 0.15) is 35.4 Å². The Hall–Kier alpha value is -2.42. The smallest absolute Gasteiger partial charge is 0.325 e. The average Bonchev–Trinajstić information content (AvgIpc) is 3.19. The van der Waals surface area contributed by atoms with Crippen molar-refractivity contribution in [2.75, 3.05) is 19.6 Å². The lowest BCUT2D eigenvalue weighted by atomic mass is 9.83. The number of nitrogens with zero attached hydrogens (tertiary/aromatic N) is 6. The molecule has 2 aromatic rings. The number of fused-ring (bicyclic) bond motifs is 1. The highest BCUT2D eigenvalue weighted by Crippen LogP contribution is 2.32. The van der Waals surface area contributed by atoms with E-state index in [0.29, 0.717) is 11.6 Å². The summed E-state index contributed by atoms with van der Waals surface area (Å²) in [4.78, 5) is 33.2. The number of carbonyl (C=O) groups is 1. The van der Waals surface area contributed by atoms with Crippen molar-refractivity contribution in [2.45, 2.75) is 31.8 Å². The number of aromatic nitrogens is 5. The van der Waals surface area contributed by atoms with Crippen LogP contribution in [0, 0.1) is 5.92 Å². The number of hydrogen-bond donors (Lipinski definition) is 1. The Bertz CT molecular complexity index is 851. The lowest BCUT2D eigenvalue weighted by molar-refractivity contribution is 0.0174. The van der Waals surface area contributed by atoms with Crippen LogP contribution in [0.2, 0.25) is 0 Å².